The van der Waals surface area contributed by atoms with Crippen molar-refractivity contribution in [1.82, 2.24) is 0 Å². The number of Topliss-reactive ketones (excluding diaryl/α,β-unsaturated/α-hetero) is 1. The van der Waals surface area contributed by atoms with Gasteiger partial charge in [-0.2, -0.15) is 0 Å². The summed E-state index contributed by atoms with van der Waals surface area (Å²) in [6, 6.07) is 0. The van der Waals surface area contributed by atoms with E-state index in [-0.39, 0.29) is 10.8 Å². The summed E-state index contributed by atoms with van der Waals surface area (Å²) in [6.07, 6.45) is 10.1. The van der Waals surface area contributed by atoms with Gasteiger partial charge < -0.3 is 0 Å². The van der Waals surface area contributed by atoms with E-state index in [1.54, 1.807) is 0 Å². The van der Waals surface area contributed by atoms with Crippen LogP contribution in [0.4, 0.5) is 0 Å². The lowest BCUT2D eigenvalue weighted by Crippen LogP contribution is -2.55. The summed E-state index contributed by atoms with van der Waals surface area (Å²) in [5.74, 6) is 3.47. The summed E-state index contributed by atoms with van der Waals surface area (Å²) < 4.78 is 0. The van der Waals surface area contributed by atoms with Crippen LogP contribution in [-0.4, -0.2) is 11.6 Å². The maximum Gasteiger partial charge on any atom is 0.155 e. The van der Waals surface area contributed by atoms with Gasteiger partial charge in [0.2, 0.25) is 0 Å². The minimum Gasteiger partial charge on any atom is -0.299 e. The average Bonchev–Trinajstić information content (AvgIpc) is 2.83. The number of fused-ring (bicyclic) bond motifs is 5. The molecule has 0 aromatic carbocycles. The van der Waals surface area contributed by atoms with Crippen molar-refractivity contribution in [1.29, 1.82) is 0 Å². The maximum atomic E-state index is 12.8. The number of carbonyl (C=O) groups excluding carboxylic acids is 2. The van der Waals surface area contributed by atoms with E-state index in [1.807, 2.05) is 6.08 Å². The van der Waals surface area contributed by atoms with Gasteiger partial charge in [0.15, 0.2) is 5.78 Å². The van der Waals surface area contributed by atoms with Crippen molar-refractivity contribution in [3.8, 4) is 0 Å². The molecule has 0 spiro atoms. The first-order valence-electron chi connectivity index (χ1n) is 9.65. The zero-order valence-electron chi connectivity index (χ0n) is 14.9. The van der Waals surface area contributed by atoms with Crippen LogP contribution in [0, 0.1) is 34.5 Å². The molecule has 0 amide bonds. The van der Waals surface area contributed by atoms with E-state index < -0.39 is 0 Å². The molecule has 0 radical (unpaired) electrons. The second-order valence-electron chi connectivity index (χ2n) is 9.30. The molecule has 3 saturated carbocycles. The van der Waals surface area contributed by atoms with Gasteiger partial charge in [-0.15, -0.1) is 0 Å². The summed E-state index contributed by atoms with van der Waals surface area (Å²) in [7, 11) is 0. The SMILES string of the molecule is CC[C@]12CC(C)(C)C3C4CCC(=O)C=C4CCC3C1CCC2=O. The molecule has 5 atom stereocenters. The fourth-order valence-corrected chi connectivity index (χ4v) is 7.31. The third kappa shape index (κ3) is 2.06. The van der Waals surface area contributed by atoms with Gasteiger partial charge in [-0.1, -0.05) is 26.3 Å². The normalized spacial score (nSPS) is 45.1. The molecule has 0 aliphatic heterocycles. The molecule has 4 unspecified atom stereocenters. The highest BCUT2D eigenvalue weighted by molar-refractivity contribution is 5.91. The Morgan fingerprint density at radius 3 is 2.61 bits per heavy atom. The minimum absolute atomic E-state index is 0.0314. The third-order valence-corrected chi connectivity index (χ3v) is 7.95. The van der Waals surface area contributed by atoms with Crippen molar-refractivity contribution < 1.29 is 9.59 Å². The number of ketones is 2. The van der Waals surface area contributed by atoms with Crippen LogP contribution in [-0.2, 0) is 9.59 Å². The van der Waals surface area contributed by atoms with Crippen molar-refractivity contribution in [3.63, 3.8) is 0 Å². The number of rotatable bonds is 1. The predicted octanol–water partition coefficient (Wildman–Crippen LogP) is 4.72. The van der Waals surface area contributed by atoms with Crippen molar-refractivity contribution >= 4 is 11.6 Å². The lowest BCUT2D eigenvalue weighted by Gasteiger charge is -2.60. The Morgan fingerprint density at radius 2 is 1.87 bits per heavy atom. The molecule has 4 aliphatic rings. The van der Waals surface area contributed by atoms with Crippen LogP contribution in [0.2, 0.25) is 0 Å². The molecule has 0 bridgehead atoms. The van der Waals surface area contributed by atoms with E-state index in [4.69, 9.17) is 0 Å². The van der Waals surface area contributed by atoms with E-state index >= 15 is 0 Å². The molecule has 0 N–H and O–H groups in total. The van der Waals surface area contributed by atoms with E-state index in [9.17, 15) is 9.59 Å². The second-order valence-corrected chi connectivity index (χ2v) is 9.30. The molecule has 23 heavy (non-hydrogen) atoms. The summed E-state index contributed by atoms with van der Waals surface area (Å²) in [5, 5.41) is 0. The first kappa shape index (κ1) is 15.6. The van der Waals surface area contributed by atoms with Crippen LogP contribution in [0.5, 0.6) is 0 Å². The van der Waals surface area contributed by atoms with Crippen LogP contribution in [0.1, 0.15) is 72.1 Å². The third-order valence-electron chi connectivity index (χ3n) is 7.95. The van der Waals surface area contributed by atoms with E-state index in [2.05, 4.69) is 20.8 Å². The molecule has 4 rings (SSSR count). The molecule has 2 heteroatoms. The molecule has 126 valence electrons. The number of hydrogen-bond acceptors (Lipinski definition) is 2. The molecule has 0 heterocycles. The highest BCUT2D eigenvalue weighted by Gasteiger charge is 2.62. The largest absolute Gasteiger partial charge is 0.299 e. The summed E-state index contributed by atoms with van der Waals surface area (Å²) in [6.45, 7) is 7.05. The summed E-state index contributed by atoms with van der Waals surface area (Å²) >= 11 is 0. The van der Waals surface area contributed by atoms with Gasteiger partial charge in [0.1, 0.15) is 5.78 Å². The van der Waals surface area contributed by atoms with Crippen LogP contribution in [0.25, 0.3) is 0 Å². The number of carbonyl (C=O) groups is 2. The van der Waals surface area contributed by atoms with Crippen molar-refractivity contribution in [2.45, 2.75) is 72.1 Å². The monoisotopic (exact) mass is 314 g/mol. The van der Waals surface area contributed by atoms with Crippen molar-refractivity contribution in [2.24, 2.45) is 34.5 Å². The maximum absolute atomic E-state index is 12.8. The Kier molecular flexibility index (Phi) is 3.42. The van der Waals surface area contributed by atoms with Crippen LogP contribution < -0.4 is 0 Å². The summed E-state index contributed by atoms with van der Waals surface area (Å²) in [4.78, 5) is 24.6. The van der Waals surface area contributed by atoms with Gasteiger partial charge in [-0.05, 0) is 73.7 Å². The average molecular weight is 314 g/mol. The molecule has 0 aromatic rings. The number of allylic oxidation sites excluding steroid dienone is 1. The second kappa shape index (κ2) is 5.04. The van der Waals surface area contributed by atoms with Gasteiger partial charge in [0.05, 0.1) is 0 Å². The highest BCUT2D eigenvalue weighted by Crippen LogP contribution is 2.67. The molecule has 3 fully saturated rings. The highest BCUT2D eigenvalue weighted by atomic mass is 16.1. The Labute approximate surface area is 140 Å². The lowest BCUT2D eigenvalue weighted by atomic mass is 9.44. The number of hydrogen-bond donors (Lipinski definition) is 0. The molecule has 4 aliphatic carbocycles. The van der Waals surface area contributed by atoms with Gasteiger partial charge in [0, 0.05) is 18.3 Å². The standard InChI is InChI=1S/C21H30O2/c1-4-21-12-20(2,3)19-15-8-6-14(22)11-13(15)5-7-16(19)17(21)9-10-18(21)23/h11,15-17,19H,4-10,12H2,1-3H3/t15?,16?,17?,19?,21-/m0/s1. The quantitative estimate of drug-likeness (QED) is 0.701. The molecule has 0 aromatic heterocycles. The van der Waals surface area contributed by atoms with Gasteiger partial charge >= 0.3 is 0 Å². The molecular formula is C21H30O2. The zero-order valence-corrected chi connectivity index (χ0v) is 14.9. The van der Waals surface area contributed by atoms with E-state index in [0.29, 0.717) is 35.2 Å². The van der Waals surface area contributed by atoms with E-state index in [1.165, 1.54) is 12.0 Å². The Hall–Kier alpha value is -0.920. The Balaban J connectivity index is 1.76. The molecule has 0 saturated heterocycles. The lowest BCUT2D eigenvalue weighted by molar-refractivity contribution is -0.144. The first-order chi connectivity index (χ1) is 10.9. The van der Waals surface area contributed by atoms with Gasteiger partial charge in [0.25, 0.3) is 0 Å². The molecular weight excluding hydrogens is 284 g/mol. The first-order valence-corrected chi connectivity index (χ1v) is 9.65. The van der Waals surface area contributed by atoms with Gasteiger partial charge in [-0.25, -0.2) is 0 Å². The zero-order chi connectivity index (χ0) is 16.4. The fourth-order valence-electron chi connectivity index (χ4n) is 7.31. The van der Waals surface area contributed by atoms with Crippen LogP contribution >= 0.6 is 0 Å². The summed E-state index contributed by atoms with van der Waals surface area (Å²) in [5.41, 5.74) is 1.61. The smallest absolute Gasteiger partial charge is 0.155 e. The van der Waals surface area contributed by atoms with Gasteiger partial charge in [-0.3, -0.25) is 9.59 Å². The van der Waals surface area contributed by atoms with Crippen molar-refractivity contribution in [2.75, 3.05) is 0 Å². The molecule has 2 nitrogen and oxygen atoms in total. The van der Waals surface area contributed by atoms with Crippen LogP contribution in [0.15, 0.2) is 11.6 Å². The van der Waals surface area contributed by atoms with E-state index in [0.717, 1.165) is 44.9 Å². The fraction of sp³-hybridized carbons (Fsp3) is 0.810. The Morgan fingerprint density at radius 1 is 1.09 bits per heavy atom. The van der Waals surface area contributed by atoms with Crippen LogP contribution in [0.3, 0.4) is 0 Å². The topological polar surface area (TPSA) is 34.1 Å². The minimum atomic E-state index is -0.0314. The Bertz CT molecular complexity index is 585. The predicted molar refractivity (Wildman–Crippen MR) is 90.9 cm³/mol. The van der Waals surface area contributed by atoms with Crippen molar-refractivity contribution in [3.05, 3.63) is 11.6 Å².